The van der Waals surface area contributed by atoms with Gasteiger partial charge in [-0.05, 0) is 13.8 Å². The lowest BCUT2D eigenvalue weighted by Gasteiger charge is -2.05. The van der Waals surface area contributed by atoms with Crippen LogP contribution in [0.1, 0.15) is 23.0 Å². The van der Waals surface area contributed by atoms with Crippen LogP contribution < -0.4 is 5.32 Å². The van der Waals surface area contributed by atoms with Gasteiger partial charge < -0.3 is 10.4 Å². The highest BCUT2D eigenvalue weighted by Gasteiger charge is 2.21. The Kier molecular flexibility index (Phi) is 3.55. The summed E-state index contributed by atoms with van der Waals surface area (Å²) in [5, 5.41) is 16.7. The minimum atomic E-state index is -0.982. The first-order chi connectivity index (χ1) is 9.04. The number of carboxylic acids is 1. The molecule has 1 aromatic carbocycles. The first-order valence-corrected chi connectivity index (χ1v) is 6.15. The molecule has 0 aliphatic carbocycles. The third-order valence-corrected chi connectivity index (χ3v) is 2.93. The van der Waals surface area contributed by atoms with Crippen molar-refractivity contribution in [2.45, 2.75) is 13.8 Å². The molecule has 0 unspecified atom stereocenters. The Labute approximate surface area is 111 Å². The standard InChI is InChI=1S/C14H17N3O2/c1-4-15-12-11(10-7-5-9(2)6-8-10)16-17(3)13(12)14(18)19/h5-8,15H,4H2,1-3H3,(H,18,19). The normalized spacial score (nSPS) is 10.5. The van der Waals surface area contributed by atoms with Crippen molar-refractivity contribution in [1.82, 2.24) is 9.78 Å². The predicted octanol–water partition coefficient (Wildman–Crippen LogP) is 2.53. The molecule has 1 aromatic heterocycles. The van der Waals surface area contributed by atoms with Gasteiger partial charge in [0.15, 0.2) is 5.69 Å². The predicted molar refractivity (Wildman–Crippen MR) is 74.5 cm³/mol. The molecular formula is C14H17N3O2. The van der Waals surface area contributed by atoms with Crippen LogP contribution in [0.4, 0.5) is 5.69 Å². The molecule has 0 amide bonds. The Morgan fingerprint density at radius 2 is 2.00 bits per heavy atom. The van der Waals surface area contributed by atoms with Gasteiger partial charge in [0.05, 0.1) is 5.69 Å². The molecule has 100 valence electrons. The summed E-state index contributed by atoms with van der Waals surface area (Å²) in [7, 11) is 1.64. The van der Waals surface area contributed by atoms with Gasteiger partial charge in [-0.1, -0.05) is 29.8 Å². The lowest BCUT2D eigenvalue weighted by molar-refractivity contribution is 0.0686. The molecule has 0 radical (unpaired) electrons. The molecule has 0 saturated heterocycles. The highest BCUT2D eigenvalue weighted by atomic mass is 16.4. The SMILES string of the molecule is CCNc1c(-c2ccc(C)cc2)nn(C)c1C(=O)O. The van der Waals surface area contributed by atoms with E-state index >= 15 is 0 Å². The number of carboxylic acid groups (broad SMARTS) is 1. The molecule has 19 heavy (non-hydrogen) atoms. The summed E-state index contributed by atoms with van der Waals surface area (Å²) in [5.41, 5.74) is 3.48. The number of anilines is 1. The summed E-state index contributed by atoms with van der Waals surface area (Å²) in [6.45, 7) is 4.58. The molecule has 0 fully saturated rings. The van der Waals surface area contributed by atoms with Gasteiger partial charge in [0.25, 0.3) is 0 Å². The summed E-state index contributed by atoms with van der Waals surface area (Å²) >= 11 is 0. The van der Waals surface area contributed by atoms with Crippen molar-refractivity contribution in [2.75, 3.05) is 11.9 Å². The molecule has 0 aliphatic heterocycles. The maximum atomic E-state index is 11.3. The van der Waals surface area contributed by atoms with Crippen LogP contribution in [0.3, 0.4) is 0 Å². The molecular weight excluding hydrogens is 242 g/mol. The molecule has 0 bridgehead atoms. The van der Waals surface area contributed by atoms with E-state index in [9.17, 15) is 9.90 Å². The minimum Gasteiger partial charge on any atom is -0.476 e. The van der Waals surface area contributed by atoms with Crippen molar-refractivity contribution in [1.29, 1.82) is 0 Å². The Hall–Kier alpha value is -2.30. The smallest absolute Gasteiger partial charge is 0.356 e. The zero-order valence-electron chi connectivity index (χ0n) is 11.3. The summed E-state index contributed by atoms with van der Waals surface area (Å²) in [6, 6.07) is 7.87. The van der Waals surface area contributed by atoms with Gasteiger partial charge in [-0.15, -0.1) is 0 Å². The van der Waals surface area contributed by atoms with Crippen LogP contribution in [0, 0.1) is 6.92 Å². The van der Waals surface area contributed by atoms with Gasteiger partial charge in [-0.2, -0.15) is 5.10 Å². The van der Waals surface area contributed by atoms with Crippen LogP contribution in [-0.2, 0) is 7.05 Å². The third kappa shape index (κ3) is 2.45. The molecule has 2 N–H and O–H groups in total. The number of aromatic carboxylic acids is 1. The zero-order valence-corrected chi connectivity index (χ0v) is 11.3. The first-order valence-electron chi connectivity index (χ1n) is 6.15. The summed E-state index contributed by atoms with van der Waals surface area (Å²) < 4.78 is 1.40. The van der Waals surface area contributed by atoms with E-state index in [1.54, 1.807) is 7.05 Å². The average Bonchev–Trinajstić information content (AvgIpc) is 2.68. The molecule has 2 rings (SSSR count). The van der Waals surface area contributed by atoms with E-state index in [4.69, 9.17) is 0 Å². The summed E-state index contributed by atoms with van der Waals surface area (Å²) in [5.74, 6) is -0.982. The second-order valence-corrected chi connectivity index (χ2v) is 4.40. The fraction of sp³-hybridized carbons (Fsp3) is 0.286. The van der Waals surface area contributed by atoms with E-state index in [0.717, 1.165) is 11.1 Å². The number of aromatic nitrogens is 2. The maximum Gasteiger partial charge on any atom is 0.356 e. The van der Waals surface area contributed by atoms with Gasteiger partial charge in [0.2, 0.25) is 0 Å². The molecule has 0 saturated carbocycles. The van der Waals surface area contributed by atoms with Gasteiger partial charge in [-0.25, -0.2) is 4.79 Å². The van der Waals surface area contributed by atoms with E-state index in [2.05, 4.69) is 10.4 Å². The second-order valence-electron chi connectivity index (χ2n) is 4.40. The Morgan fingerprint density at radius 1 is 1.37 bits per heavy atom. The van der Waals surface area contributed by atoms with E-state index in [0.29, 0.717) is 17.9 Å². The van der Waals surface area contributed by atoms with Crippen LogP contribution >= 0.6 is 0 Å². The van der Waals surface area contributed by atoms with E-state index in [1.807, 2.05) is 38.1 Å². The molecule has 0 spiro atoms. The highest BCUT2D eigenvalue weighted by Crippen LogP contribution is 2.30. The lowest BCUT2D eigenvalue weighted by atomic mass is 10.1. The van der Waals surface area contributed by atoms with Crippen molar-refractivity contribution < 1.29 is 9.90 Å². The Bertz CT molecular complexity index is 600. The Morgan fingerprint density at radius 3 is 2.53 bits per heavy atom. The van der Waals surface area contributed by atoms with Crippen LogP contribution in [-0.4, -0.2) is 27.4 Å². The monoisotopic (exact) mass is 259 g/mol. The van der Waals surface area contributed by atoms with Crippen LogP contribution in [0.15, 0.2) is 24.3 Å². The summed E-state index contributed by atoms with van der Waals surface area (Å²) in [4.78, 5) is 11.3. The van der Waals surface area contributed by atoms with Gasteiger partial charge in [-0.3, -0.25) is 4.68 Å². The first kappa shape index (κ1) is 13.1. The molecule has 2 aromatic rings. The fourth-order valence-corrected chi connectivity index (χ4v) is 2.03. The number of nitrogens with zero attached hydrogens (tertiary/aromatic N) is 2. The molecule has 5 nitrogen and oxygen atoms in total. The molecule has 0 atom stereocenters. The number of benzene rings is 1. The molecule has 1 heterocycles. The van der Waals surface area contributed by atoms with E-state index in [-0.39, 0.29) is 5.69 Å². The number of nitrogens with one attached hydrogen (secondary N) is 1. The number of rotatable bonds is 4. The van der Waals surface area contributed by atoms with Gasteiger partial charge >= 0.3 is 5.97 Å². The average molecular weight is 259 g/mol. The number of hydrogen-bond donors (Lipinski definition) is 2. The largest absolute Gasteiger partial charge is 0.476 e. The van der Waals surface area contributed by atoms with Crippen LogP contribution in [0.25, 0.3) is 11.3 Å². The lowest BCUT2D eigenvalue weighted by Crippen LogP contribution is -2.09. The zero-order chi connectivity index (χ0) is 14.0. The third-order valence-electron chi connectivity index (χ3n) is 2.93. The van der Waals surface area contributed by atoms with E-state index in [1.165, 1.54) is 4.68 Å². The van der Waals surface area contributed by atoms with Crippen molar-refractivity contribution in [3.8, 4) is 11.3 Å². The maximum absolute atomic E-state index is 11.3. The van der Waals surface area contributed by atoms with Gasteiger partial charge in [0.1, 0.15) is 5.69 Å². The topological polar surface area (TPSA) is 67.2 Å². The molecule has 5 heteroatoms. The highest BCUT2D eigenvalue weighted by molar-refractivity contribution is 5.96. The number of hydrogen-bond acceptors (Lipinski definition) is 3. The fourth-order valence-electron chi connectivity index (χ4n) is 2.03. The van der Waals surface area contributed by atoms with Crippen LogP contribution in [0.2, 0.25) is 0 Å². The Balaban J connectivity index is 2.59. The molecule has 0 aliphatic rings. The quantitative estimate of drug-likeness (QED) is 0.885. The number of aryl methyl sites for hydroxylation is 2. The van der Waals surface area contributed by atoms with Crippen molar-refractivity contribution in [3.05, 3.63) is 35.5 Å². The van der Waals surface area contributed by atoms with Crippen LogP contribution in [0.5, 0.6) is 0 Å². The van der Waals surface area contributed by atoms with E-state index < -0.39 is 5.97 Å². The number of carbonyl (C=O) groups is 1. The second kappa shape index (κ2) is 5.14. The summed E-state index contributed by atoms with van der Waals surface area (Å²) in [6.07, 6.45) is 0. The van der Waals surface area contributed by atoms with Crippen molar-refractivity contribution in [3.63, 3.8) is 0 Å². The minimum absolute atomic E-state index is 0.178. The van der Waals surface area contributed by atoms with Crippen molar-refractivity contribution in [2.24, 2.45) is 7.05 Å². The van der Waals surface area contributed by atoms with Gasteiger partial charge in [0, 0.05) is 19.2 Å². The van der Waals surface area contributed by atoms with Crippen molar-refractivity contribution >= 4 is 11.7 Å².